The molecule has 0 fully saturated rings. The van der Waals surface area contributed by atoms with Gasteiger partial charge in [-0.25, -0.2) is 0 Å². The van der Waals surface area contributed by atoms with E-state index in [9.17, 15) is 0 Å². The number of hydrogen-bond acceptors (Lipinski definition) is 6. The summed E-state index contributed by atoms with van der Waals surface area (Å²) in [4.78, 5) is 4.26. The third-order valence-electron chi connectivity index (χ3n) is 2.85. The maximum absolute atomic E-state index is 5.73. The summed E-state index contributed by atoms with van der Waals surface area (Å²) >= 11 is 3.46. The highest BCUT2D eigenvalue weighted by molar-refractivity contribution is 9.10. The number of benzene rings is 1. The van der Waals surface area contributed by atoms with E-state index in [-0.39, 0.29) is 6.61 Å². The Morgan fingerprint density at radius 2 is 2.19 bits per heavy atom. The van der Waals surface area contributed by atoms with Gasteiger partial charge >= 0.3 is 0 Å². The number of ether oxygens (including phenoxy) is 2. The normalized spacial score (nSPS) is 10.7. The lowest BCUT2D eigenvalue weighted by atomic mass is 10.2. The molecule has 0 atom stereocenters. The van der Waals surface area contributed by atoms with Crippen molar-refractivity contribution in [3.63, 3.8) is 0 Å². The summed E-state index contributed by atoms with van der Waals surface area (Å²) in [5, 5.41) is 3.88. The molecule has 21 heavy (non-hydrogen) atoms. The molecule has 0 amide bonds. The van der Waals surface area contributed by atoms with Gasteiger partial charge in [-0.05, 0) is 40.0 Å². The topological polar surface area (TPSA) is 83.4 Å². The molecule has 7 heteroatoms. The standard InChI is InChI=1S/C14H18BrN3O3/c1-3-4-12-17-13(21-18-12)8-20-14-10(15)5-9(7-16)6-11(14)19-2/h5-6H,3-4,7-8,16H2,1-2H3. The zero-order chi connectivity index (χ0) is 15.2. The van der Waals surface area contributed by atoms with Gasteiger partial charge in [-0.2, -0.15) is 4.98 Å². The second-order valence-electron chi connectivity index (χ2n) is 4.46. The Bertz CT molecular complexity index is 601. The van der Waals surface area contributed by atoms with Gasteiger partial charge in [0.05, 0.1) is 11.6 Å². The van der Waals surface area contributed by atoms with E-state index in [1.54, 1.807) is 7.11 Å². The zero-order valence-electron chi connectivity index (χ0n) is 12.1. The van der Waals surface area contributed by atoms with Crippen LogP contribution in [0.3, 0.4) is 0 Å². The molecule has 0 unspecified atom stereocenters. The SMILES string of the molecule is CCCc1noc(COc2c(Br)cc(CN)cc2OC)n1. The Morgan fingerprint density at radius 3 is 2.86 bits per heavy atom. The molecule has 114 valence electrons. The lowest BCUT2D eigenvalue weighted by Crippen LogP contribution is -2.02. The molecule has 2 aromatic rings. The molecule has 0 saturated heterocycles. The number of aryl methyl sites for hydroxylation is 1. The predicted octanol–water partition coefficient (Wildman–Crippen LogP) is 2.83. The Morgan fingerprint density at radius 1 is 1.38 bits per heavy atom. The maximum Gasteiger partial charge on any atom is 0.264 e. The van der Waals surface area contributed by atoms with Crippen molar-refractivity contribution in [3.8, 4) is 11.5 Å². The summed E-state index contributed by atoms with van der Waals surface area (Å²) in [6, 6.07) is 3.74. The number of nitrogens with two attached hydrogens (primary N) is 1. The highest BCUT2D eigenvalue weighted by Crippen LogP contribution is 2.37. The lowest BCUT2D eigenvalue weighted by Gasteiger charge is -2.12. The average Bonchev–Trinajstić information content (AvgIpc) is 2.93. The second kappa shape index (κ2) is 7.42. The zero-order valence-corrected chi connectivity index (χ0v) is 13.6. The van der Waals surface area contributed by atoms with E-state index in [1.807, 2.05) is 12.1 Å². The minimum atomic E-state index is 0.188. The molecule has 2 rings (SSSR count). The summed E-state index contributed by atoms with van der Waals surface area (Å²) in [6.07, 6.45) is 1.77. The summed E-state index contributed by atoms with van der Waals surface area (Å²) < 4.78 is 17.0. The number of nitrogens with zero attached hydrogens (tertiary/aromatic N) is 2. The molecule has 0 bridgehead atoms. The van der Waals surface area contributed by atoms with Crippen LogP contribution in [0.25, 0.3) is 0 Å². The second-order valence-corrected chi connectivity index (χ2v) is 5.31. The Labute approximate surface area is 131 Å². The van der Waals surface area contributed by atoms with Crippen LogP contribution in [0.4, 0.5) is 0 Å². The summed E-state index contributed by atoms with van der Waals surface area (Å²) in [5.41, 5.74) is 6.59. The van der Waals surface area contributed by atoms with Gasteiger partial charge in [-0.15, -0.1) is 0 Å². The van der Waals surface area contributed by atoms with Crippen LogP contribution in [0.1, 0.15) is 30.6 Å². The van der Waals surface area contributed by atoms with Crippen molar-refractivity contribution in [2.75, 3.05) is 7.11 Å². The van der Waals surface area contributed by atoms with Gasteiger partial charge in [-0.3, -0.25) is 0 Å². The van der Waals surface area contributed by atoms with Gasteiger partial charge in [0.15, 0.2) is 23.9 Å². The fourth-order valence-corrected chi connectivity index (χ4v) is 2.44. The van der Waals surface area contributed by atoms with E-state index in [1.165, 1.54) is 0 Å². The first-order valence-corrected chi connectivity index (χ1v) is 7.48. The molecule has 0 aliphatic carbocycles. The molecule has 0 aliphatic heterocycles. The molecule has 1 aromatic carbocycles. The first-order chi connectivity index (χ1) is 10.2. The minimum absolute atomic E-state index is 0.188. The molecule has 0 saturated carbocycles. The number of methoxy groups -OCH3 is 1. The third-order valence-corrected chi connectivity index (χ3v) is 3.44. The first kappa shape index (κ1) is 15.8. The van der Waals surface area contributed by atoms with E-state index in [4.69, 9.17) is 19.7 Å². The van der Waals surface area contributed by atoms with Crippen LogP contribution in [-0.4, -0.2) is 17.3 Å². The fraction of sp³-hybridized carbons (Fsp3) is 0.429. The van der Waals surface area contributed by atoms with E-state index >= 15 is 0 Å². The molecule has 0 spiro atoms. The third kappa shape index (κ3) is 3.95. The number of hydrogen-bond donors (Lipinski definition) is 1. The fourth-order valence-electron chi connectivity index (χ4n) is 1.84. The number of rotatable bonds is 7. The smallest absolute Gasteiger partial charge is 0.264 e. The molecule has 6 nitrogen and oxygen atoms in total. The van der Waals surface area contributed by atoms with Crippen molar-refractivity contribution in [2.24, 2.45) is 5.73 Å². The molecule has 0 radical (unpaired) electrons. The molecule has 0 aliphatic rings. The van der Waals surface area contributed by atoms with Crippen LogP contribution in [0.15, 0.2) is 21.1 Å². The molecule has 1 aromatic heterocycles. The van der Waals surface area contributed by atoms with Crippen molar-refractivity contribution in [2.45, 2.75) is 32.9 Å². The largest absolute Gasteiger partial charge is 0.493 e. The predicted molar refractivity (Wildman–Crippen MR) is 81.2 cm³/mol. The quantitative estimate of drug-likeness (QED) is 0.821. The van der Waals surface area contributed by atoms with Crippen molar-refractivity contribution in [3.05, 3.63) is 33.9 Å². The number of aromatic nitrogens is 2. The van der Waals surface area contributed by atoms with Gasteiger partial charge in [0, 0.05) is 13.0 Å². The maximum atomic E-state index is 5.73. The van der Waals surface area contributed by atoms with Crippen molar-refractivity contribution < 1.29 is 14.0 Å². The summed E-state index contributed by atoms with van der Waals surface area (Å²) in [6.45, 7) is 2.68. The van der Waals surface area contributed by atoms with Gasteiger partial charge in [0.25, 0.3) is 5.89 Å². The van der Waals surface area contributed by atoms with E-state index in [2.05, 4.69) is 33.0 Å². The van der Waals surface area contributed by atoms with Crippen LogP contribution in [-0.2, 0) is 19.6 Å². The average molecular weight is 356 g/mol. The number of halogens is 1. The van der Waals surface area contributed by atoms with Gasteiger partial charge < -0.3 is 19.7 Å². The first-order valence-electron chi connectivity index (χ1n) is 6.68. The van der Waals surface area contributed by atoms with Gasteiger partial charge in [-0.1, -0.05) is 12.1 Å². The van der Waals surface area contributed by atoms with Crippen LogP contribution < -0.4 is 15.2 Å². The highest BCUT2D eigenvalue weighted by Gasteiger charge is 2.13. The molecule has 1 heterocycles. The lowest BCUT2D eigenvalue weighted by molar-refractivity contribution is 0.231. The van der Waals surface area contributed by atoms with Crippen LogP contribution in [0.2, 0.25) is 0 Å². The van der Waals surface area contributed by atoms with E-state index in [0.29, 0.717) is 29.8 Å². The van der Waals surface area contributed by atoms with Gasteiger partial charge in [0.2, 0.25) is 0 Å². The molecular weight excluding hydrogens is 338 g/mol. The highest BCUT2D eigenvalue weighted by atomic mass is 79.9. The van der Waals surface area contributed by atoms with Crippen molar-refractivity contribution in [1.82, 2.24) is 10.1 Å². The van der Waals surface area contributed by atoms with Gasteiger partial charge in [0.1, 0.15) is 0 Å². The summed E-state index contributed by atoms with van der Waals surface area (Å²) in [5.74, 6) is 2.33. The van der Waals surface area contributed by atoms with Crippen molar-refractivity contribution >= 4 is 15.9 Å². The Balaban J connectivity index is 2.11. The van der Waals surface area contributed by atoms with Crippen molar-refractivity contribution in [1.29, 1.82) is 0 Å². The molecular formula is C14H18BrN3O3. The van der Waals surface area contributed by atoms with E-state index in [0.717, 1.165) is 22.9 Å². The molecule has 2 N–H and O–H groups in total. The van der Waals surface area contributed by atoms with Crippen LogP contribution >= 0.6 is 15.9 Å². The Hall–Kier alpha value is -1.60. The van der Waals surface area contributed by atoms with Crippen LogP contribution in [0.5, 0.6) is 11.5 Å². The monoisotopic (exact) mass is 355 g/mol. The summed E-state index contributed by atoms with van der Waals surface area (Å²) in [7, 11) is 1.58. The van der Waals surface area contributed by atoms with Crippen LogP contribution in [0, 0.1) is 0 Å². The Kier molecular flexibility index (Phi) is 5.58. The minimum Gasteiger partial charge on any atom is -0.493 e. The van der Waals surface area contributed by atoms with E-state index < -0.39 is 0 Å².